The Morgan fingerprint density at radius 3 is 2.81 bits per heavy atom. The molecule has 7 heteroatoms. The summed E-state index contributed by atoms with van der Waals surface area (Å²) < 4.78 is 5.03. The van der Waals surface area contributed by atoms with Crippen LogP contribution < -0.4 is 5.32 Å². The molecule has 2 aromatic rings. The highest BCUT2D eigenvalue weighted by atomic mass is 35.5. The maximum Gasteiger partial charge on any atom is 0.411 e. The third kappa shape index (κ3) is 4.26. The Hall–Kier alpha value is -1.46. The first kappa shape index (κ1) is 19.3. The van der Waals surface area contributed by atoms with E-state index < -0.39 is 6.09 Å². The number of likely N-dealkylation sites (N-methyl/N-ethyl adjacent to an activating group) is 1. The van der Waals surface area contributed by atoms with Crippen molar-refractivity contribution in [3.63, 3.8) is 0 Å². The second kappa shape index (κ2) is 8.49. The Labute approximate surface area is 168 Å². The number of fused-ring (bicyclic) bond motifs is 1. The molecule has 3 rings (SSSR count). The largest absolute Gasteiger partial charge is 0.448 e. The monoisotopic (exact) mass is 412 g/mol. The Bertz CT molecular complexity index is 813. The van der Waals surface area contributed by atoms with Gasteiger partial charge in [0.2, 0.25) is 0 Å². The lowest BCUT2D eigenvalue weighted by Gasteiger charge is -2.34. The Morgan fingerprint density at radius 1 is 1.27 bits per heavy atom. The van der Waals surface area contributed by atoms with E-state index in [0.29, 0.717) is 15.7 Å². The molecule has 0 spiro atoms. The number of carbonyl (C=O) groups excluding carboxylic acids is 1. The molecule has 138 valence electrons. The fourth-order valence-electron chi connectivity index (χ4n) is 3.30. The number of nitrogens with zero attached hydrogens (tertiary/aromatic N) is 1. The van der Waals surface area contributed by atoms with Crippen LogP contribution in [0.4, 0.5) is 10.5 Å². The smallest absolute Gasteiger partial charge is 0.411 e. The third-order valence-corrected chi connectivity index (χ3v) is 5.09. The fraction of sp³-hybridized carbons (Fsp3) is 0.316. The number of rotatable bonds is 4. The van der Waals surface area contributed by atoms with Crippen LogP contribution >= 0.6 is 34.8 Å². The maximum absolute atomic E-state index is 12.0. The van der Waals surface area contributed by atoms with E-state index in [9.17, 15) is 4.79 Å². The van der Waals surface area contributed by atoms with Gasteiger partial charge in [-0.1, -0.05) is 41.4 Å². The topological polar surface area (TPSA) is 41.6 Å². The van der Waals surface area contributed by atoms with Gasteiger partial charge in [-0.15, -0.1) is 11.6 Å². The summed E-state index contributed by atoms with van der Waals surface area (Å²) in [6.07, 6.45) is -0.522. The van der Waals surface area contributed by atoms with Crippen LogP contribution in [0.1, 0.15) is 22.6 Å². The second-order valence-corrected chi connectivity index (χ2v) is 7.46. The van der Waals surface area contributed by atoms with Gasteiger partial charge in [-0.3, -0.25) is 5.32 Å². The van der Waals surface area contributed by atoms with E-state index >= 15 is 0 Å². The molecule has 0 aliphatic carbocycles. The van der Waals surface area contributed by atoms with E-state index in [0.717, 1.165) is 29.8 Å². The van der Waals surface area contributed by atoms with Gasteiger partial charge in [-0.05, 0) is 41.9 Å². The van der Waals surface area contributed by atoms with E-state index in [1.54, 1.807) is 6.07 Å². The van der Waals surface area contributed by atoms with Crippen LogP contribution in [0.5, 0.6) is 0 Å². The molecule has 0 bridgehead atoms. The lowest BCUT2D eigenvalue weighted by molar-refractivity contribution is 0.168. The summed E-state index contributed by atoms with van der Waals surface area (Å²) in [6, 6.07) is 11.4. The molecule has 0 fully saturated rings. The van der Waals surface area contributed by atoms with Gasteiger partial charge in [0, 0.05) is 34.7 Å². The van der Waals surface area contributed by atoms with Gasteiger partial charge in [0.05, 0.1) is 5.88 Å². The maximum atomic E-state index is 12.0. The molecular weight excluding hydrogens is 395 g/mol. The Balaban J connectivity index is 1.99. The number of ether oxygens (including phenoxy) is 1. The van der Waals surface area contributed by atoms with Gasteiger partial charge >= 0.3 is 6.09 Å². The first-order valence-corrected chi connectivity index (χ1v) is 9.53. The molecule has 1 amide bonds. The van der Waals surface area contributed by atoms with Crippen LogP contribution in [0.3, 0.4) is 0 Å². The highest BCUT2D eigenvalue weighted by Gasteiger charge is 2.28. The first-order valence-electron chi connectivity index (χ1n) is 8.24. The average Bonchev–Trinajstić information content (AvgIpc) is 2.60. The Morgan fingerprint density at radius 2 is 2.04 bits per heavy atom. The van der Waals surface area contributed by atoms with Crippen LogP contribution in [0, 0.1) is 0 Å². The zero-order chi connectivity index (χ0) is 18.7. The van der Waals surface area contributed by atoms with Gasteiger partial charge in [0.25, 0.3) is 0 Å². The molecule has 1 aliphatic rings. The van der Waals surface area contributed by atoms with Gasteiger partial charge in [-0.25, -0.2) is 4.79 Å². The Kier molecular flexibility index (Phi) is 6.30. The predicted molar refractivity (Wildman–Crippen MR) is 107 cm³/mol. The van der Waals surface area contributed by atoms with Crippen molar-refractivity contribution in [1.29, 1.82) is 0 Å². The van der Waals surface area contributed by atoms with Crippen molar-refractivity contribution in [2.24, 2.45) is 0 Å². The van der Waals surface area contributed by atoms with Crippen molar-refractivity contribution in [3.8, 4) is 0 Å². The molecule has 1 atom stereocenters. The quantitative estimate of drug-likeness (QED) is 0.686. The first-order chi connectivity index (χ1) is 12.5. The van der Waals surface area contributed by atoms with Crippen molar-refractivity contribution < 1.29 is 9.53 Å². The van der Waals surface area contributed by atoms with Crippen LogP contribution in [0.25, 0.3) is 0 Å². The van der Waals surface area contributed by atoms with Crippen molar-refractivity contribution in [3.05, 3.63) is 63.1 Å². The molecule has 0 saturated heterocycles. The minimum Gasteiger partial charge on any atom is -0.448 e. The highest BCUT2D eigenvalue weighted by molar-refractivity contribution is 6.35. The van der Waals surface area contributed by atoms with Crippen molar-refractivity contribution in [2.45, 2.75) is 12.5 Å². The summed E-state index contributed by atoms with van der Waals surface area (Å²) in [7, 11) is 2.05. The molecule has 1 N–H and O–H groups in total. The summed E-state index contributed by atoms with van der Waals surface area (Å²) in [5.41, 5.74) is 3.84. The standard InChI is InChI=1S/C19H19Cl3N2O2/c1-24-10-15(14-8-12(21)9-17(22)16(14)11-24)13-4-2-3-5-18(13)23-19(25)26-7-6-20/h2-5,8-9,15H,6-7,10-11H2,1H3,(H,23,25)/t15-/m0/s1. The fourth-order valence-corrected chi connectivity index (χ4v) is 3.95. The van der Waals surface area contributed by atoms with Crippen molar-refractivity contribution >= 4 is 46.6 Å². The zero-order valence-corrected chi connectivity index (χ0v) is 16.5. The number of benzene rings is 2. The third-order valence-electron chi connectivity index (χ3n) is 4.38. The van der Waals surface area contributed by atoms with E-state index in [1.165, 1.54) is 0 Å². The predicted octanol–water partition coefficient (Wildman–Crippen LogP) is 5.36. The number of alkyl halides is 1. The van der Waals surface area contributed by atoms with Crippen LogP contribution in [-0.2, 0) is 11.3 Å². The number of carbonyl (C=O) groups is 1. The number of para-hydroxylation sites is 1. The lowest BCUT2D eigenvalue weighted by atomic mass is 9.84. The molecule has 0 saturated carbocycles. The number of hydrogen-bond donors (Lipinski definition) is 1. The molecule has 0 unspecified atom stereocenters. The van der Waals surface area contributed by atoms with Crippen LogP contribution in [-0.4, -0.2) is 37.1 Å². The molecule has 1 aliphatic heterocycles. The van der Waals surface area contributed by atoms with E-state index in [4.69, 9.17) is 39.5 Å². The van der Waals surface area contributed by atoms with E-state index in [1.807, 2.05) is 37.4 Å². The van der Waals surface area contributed by atoms with E-state index in [2.05, 4.69) is 10.2 Å². The molecule has 0 aromatic heterocycles. The summed E-state index contributed by atoms with van der Waals surface area (Å²) in [4.78, 5) is 14.2. The minimum absolute atomic E-state index is 0.0319. The molecule has 1 heterocycles. The highest BCUT2D eigenvalue weighted by Crippen LogP contribution is 2.40. The number of nitrogens with one attached hydrogen (secondary N) is 1. The average molecular weight is 414 g/mol. The number of hydrogen-bond acceptors (Lipinski definition) is 3. The van der Waals surface area contributed by atoms with Crippen molar-refractivity contribution in [1.82, 2.24) is 4.90 Å². The van der Waals surface area contributed by atoms with Gasteiger partial charge in [0.1, 0.15) is 6.61 Å². The summed E-state index contributed by atoms with van der Waals surface area (Å²) in [5.74, 6) is 0.289. The molecule has 2 aromatic carbocycles. The van der Waals surface area contributed by atoms with Gasteiger partial charge in [0.15, 0.2) is 0 Å². The summed E-state index contributed by atoms with van der Waals surface area (Å²) >= 11 is 18.3. The summed E-state index contributed by atoms with van der Waals surface area (Å²) in [5, 5.41) is 4.08. The number of anilines is 1. The minimum atomic E-state index is -0.522. The number of amides is 1. The molecule has 4 nitrogen and oxygen atoms in total. The van der Waals surface area contributed by atoms with Gasteiger partial charge in [-0.2, -0.15) is 0 Å². The van der Waals surface area contributed by atoms with Crippen molar-refractivity contribution in [2.75, 3.05) is 31.4 Å². The van der Waals surface area contributed by atoms with Crippen LogP contribution in [0.15, 0.2) is 36.4 Å². The number of halogens is 3. The molecular formula is C19H19Cl3N2O2. The normalized spacial score (nSPS) is 16.8. The lowest BCUT2D eigenvalue weighted by Crippen LogP contribution is -2.31. The zero-order valence-electron chi connectivity index (χ0n) is 14.3. The SMILES string of the molecule is CN1Cc2c(Cl)cc(Cl)cc2[C@H](c2ccccc2NC(=O)OCCCl)C1. The van der Waals surface area contributed by atoms with Gasteiger partial charge < -0.3 is 9.64 Å². The van der Waals surface area contributed by atoms with E-state index in [-0.39, 0.29) is 18.4 Å². The van der Waals surface area contributed by atoms with Crippen LogP contribution in [0.2, 0.25) is 10.0 Å². The molecule has 0 radical (unpaired) electrons. The summed E-state index contributed by atoms with van der Waals surface area (Å²) in [6.45, 7) is 1.71. The molecule has 26 heavy (non-hydrogen) atoms. The second-order valence-electron chi connectivity index (χ2n) is 6.24.